The van der Waals surface area contributed by atoms with Crippen molar-refractivity contribution in [3.63, 3.8) is 0 Å². The SMILES string of the molecule is O=C(NCCC[NH+]1CCCCCC1)c1ccc2c(c1)NC(=O)C([NH+]1CCOCC1)S2. The molecule has 3 heterocycles. The molecule has 0 saturated carbocycles. The average Bonchev–Trinajstić information content (AvgIpc) is 3.05. The van der Waals surface area contributed by atoms with Crippen LogP contribution in [0.2, 0.25) is 0 Å². The summed E-state index contributed by atoms with van der Waals surface area (Å²) >= 11 is 1.59. The van der Waals surface area contributed by atoms with E-state index in [1.54, 1.807) is 22.7 Å². The standard InChI is InChI=1S/C22H32N4O3S/c27-20(23-8-5-11-25-9-3-1-2-4-10-25)17-6-7-19-18(16-17)24-21(28)22(30-19)26-12-14-29-15-13-26/h6-7,16,22H,1-5,8-15H2,(H,23,27)(H,24,28)/p+2. The maximum Gasteiger partial charge on any atom is 0.294 e. The second kappa shape index (κ2) is 10.6. The van der Waals surface area contributed by atoms with Crippen molar-refractivity contribution in [2.24, 2.45) is 0 Å². The van der Waals surface area contributed by atoms with Crippen LogP contribution in [0.25, 0.3) is 0 Å². The summed E-state index contributed by atoms with van der Waals surface area (Å²) in [5.41, 5.74) is 1.35. The Bertz CT molecular complexity index is 746. The van der Waals surface area contributed by atoms with Crippen molar-refractivity contribution in [2.75, 3.05) is 57.8 Å². The maximum absolute atomic E-state index is 12.6. The predicted octanol–water partition coefficient (Wildman–Crippen LogP) is -0.449. The van der Waals surface area contributed by atoms with Gasteiger partial charge >= 0.3 is 0 Å². The van der Waals surface area contributed by atoms with Crippen molar-refractivity contribution >= 4 is 29.3 Å². The summed E-state index contributed by atoms with van der Waals surface area (Å²) in [7, 11) is 0. The second-order valence-corrected chi connectivity index (χ2v) is 9.64. The normalized spacial score (nSPS) is 23.3. The van der Waals surface area contributed by atoms with Crippen LogP contribution in [0.15, 0.2) is 23.1 Å². The van der Waals surface area contributed by atoms with E-state index >= 15 is 0 Å². The number of likely N-dealkylation sites (tertiary alicyclic amines) is 1. The van der Waals surface area contributed by atoms with Gasteiger partial charge in [-0.2, -0.15) is 0 Å². The van der Waals surface area contributed by atoms with Gasteiger partial charge in [-0.25, -0.2) is 0 Å². The molecule has 1 aromatic carbocycles. The number of benzene rings is 1. The molecule has 3 aliphatic heterocycles. The number of thioether (sulfide) groups is 1. The van der Waals surface area contributed by atoms with Gasteiger partial charge in [0.25, 0.3) is 11.8 Å². The van der Waals surface area contributed by atoms with E-state index in [-0.39, 0.29) is 17.2 Å². The van der Waals surface area contributed by atoms with Crippen molar-refractivity contribution in [3.05, 3.63) is 23.8 Å². The Hall–Kier alpha value is -1.61. The first-order chi connectivity index (χ1) is 14.7. The number of amides is 2. The van der Waals surface area contributed by atoms with Crippen LogP contribution < -0.4 is 20.4 Å². The summed E-state index contributed by atoms with van der Waals surface area (Å²) in [6.07, 6.45) is 6.38. The molecule has 3 aliphatic rings. The molecule has 7 nitrogen and oxygen atoms in total. The van der Waals surface area contributed by atoms with E-state index in [1.165, 1.54) is 43.7 Å². The van der Waals surface area contributed by atoms with Crippen LogP contribution >= 0.6 is 11.8 Å². The number of hydrogen-bond acceptors (Lipinski definition) is 4. The molecule has 2 saturated heterocycles. The fourth-order valence-corrected chi connectivity index (χ4v) is 5.74. The number of ether oxygens (including phenoxy) is 1. The van der Waals surface area contributed by atoms with Gasteiger partial charge in [0, 0.05) is 23.4 Å². The molecule has 0 bridgehead atoms. The molecule has 0 radical (unpaired) electrons. The van der Waals surface area contributed by atoms with Crippen LogP contribution in [0.5, 0.6) is 0 Å². The van der Waals surface area contributed by atoms with Gasteiger partial charge in [0.2, 0.25) is 5.37 Å². The fourth-order valence-electron chi connectivity index (χ4n) is 4.54. The lowest BCUT2D eigenvalue weighted by Gasteiger charge is -2.32. The molecule has 4 N–H and O–H groups in total. The number of carbonyl (C=O) groups is 2. The summed E-state index contributed by atoms with van der Waals surface area (Å²) in [6, 6.07) is 5.63. The minimum Gasteiger partial charge on any atom is -0.370 e. The van der Waals surface area contributed by atoms with E-state index < -0.39 is 0 Å². The van der Waals surface area contributed by atoms with Crippen molar-refractivity contribution in [1.82, 2.24) is 5.32 Å². The van der Waals surface area contributed by atoms with Gasteiger partial charge < -0.3 is 25.2 Å². The zero-order chi connectivity index (χ0) is 20.8. The molecular weight excluding hydrogens is 400 g/mol. The molecule has 0 spiro atoms. The van der Waals surface area contributed by atoms with Gasteiger partial charge in [-0.05, 0) is 43.9 Å². The summed E-state index contributed by atoms with van der Waals surface area (Å²) < 4.78 is 5.41. The smallest absolute Gasteiger partial charge is 0.294 e. The first-order valence-corrected chi connectivity index (χ1v) is 12.2. The van der Waals surface area contributed by atoms with Gasteiger partial charge in [-0.3, -0.25) is 9.59 Å². The minimum absolute atomic E-state index is 0.0161. The molecule has 4 rings (SSSR count). The maximum atomic E-state index is 12.6. The lowest BCUT2D eigenvalue weighted by Crippen LogP contribution is -3.18. The summed E-state index contributed by atoms with van der Waals surface area (Å²) in [6.45, 7) is 7.45. The summed E-state index contributed by atoms with van der Waals surface area (Å²) in [5, 5.41) is 5.91. The van der Waals surface area contributed by atoms with Crippen molar-refractivity contribution in [2.45, 2.75) is 42.4 Å². The fraction of sp³-hybridized carbons (Fsp3) is 0.636. The van der Waals surface area contributed by atoms with Gasteiger partial charge in [-0.15, -0.1) is 0 Å². The zero-order valence-electron chi connectivity index (χ0n) is 17.6. The van der Waals surface area contributed by atoms with Crippen LogP contribution in [-0.2, 0) is 9.53 Å². The van der Waals surface area contributed by atoms with E-state index in [0.29, 0.717) is 25.3 Å². The molecule has 0 aliphatic carbocycles. The van der Waals surface area contributed by atoms with E-state index in [1.807, 2.05) is 12.1 Å². The number of carbonyl (C=O) groups excluding carboxylic acids is 2. The highest BCUT2D eigenvalue weighted by Gasteiger charge is 2.36. The zero-order valence-corrected chi connectivity index (χ0v) is 18.5. The first-order valence-electron chi connectivity index (χ1n) is 11.4. The van der Waals surface area contributed by atoms with Crippen LogP contribution in [0, 0.1) is 0 Å². The Morgan fingerprint density at radius 2 is 1.90 bits per heavy atom. The van der Waals surface area contributed by atoms with Crippen LogP contribution in [0.1, 0.15) is 42.5 Å². The summed E-state index contributed by atoms with van der Waals surface area (Å²) in [4.78, 5) is 29.2. The van der Waals surface area contributed by atoms with Crippen LogP contribution in [-0.4, -0.2) is 69.7 Å². The molecule has 0 aromatic heterocycles. The van der Waals surface area contributed by atoms with Gasteiger partial charge in [0.1, 0.15) is 13.1 Å². The highest BCUT2D eigenvalue weighted by molar-refractivity contribution is 8.00. The molecule has 2 fully saturated rings. The average molecular weight is 435 g/mol. The largest absolute Gasteiger partial charge is 0.370 e. The van der Waals surface area contributed by atoms with Crippen LogP contribution in [0.4, 0.5) is 5.69 Å². The predicted molar refractivity (Wildman–Crippen MR) is 117 cm³/mol. The quantitative estimate of drug-likeness (QED) is 0.458. The van der Waals surface area contributed by atoms with Gasteiger partial charge in [0.15, 0.2) is 0 Å². The van der Waals surface area contributed by atoms with E-state index in [9.17, 15) is 9.59 Å². The van der Waals surface area contributed by atoms with E-state index in [0.717, 1.165) is 36.6 Å². The number of quaternary nitrogens is 2. The van der Waals surface area contributed by atoms with Crippen molar-refractivity contribution in [1.29, 1.82) is 0 Å². The minimum atomic E-state index is -0.150. The Kier molecular flexibility index (Phi) is 7.65. The van der Waals surface area contributed by atoms with E-state index in [2.05, 4.69) is 10.6 Å². The topological polar surface area (TPSA) is 76.3 Å². The van der Waals surface area contributed by atoms with Gasteiger partial charge in [-0.1, -0.05) is 11.8 Å². The Labute approximate surface area is 182 Å². The Morgan fingerprint density at radius 1 is 1.13 bits per heavy atom. The first kappa shape index (κ1) is 21.6. The highest BCUT2D eigenvalue weighted by Crippen LogP contribution is 2.34. The lowest BCUT2D eigenvalue weighted by molar-refractivity contribution is -0.909. The third kappa shape index (κ3) is 5.55. The molecule has 2 amide bonds. The van der Waals surface area contributed by atoms with E-state index in [4.69, 9.17) is 4.74 Å². The summed E-state index contributed by atoms with van der Waals surface area (Å²) in [5.74, 6) is -0.0498. The number of nitrogens with one attached hydrogen (secondary N) is 4. The Morgan fingerprint density at radius 3 is 2.67 bits per heavy atom. The molecule has 1 atom stereocenters. The number of anilines is 1. The highest BCUT2D eigenvalue weighted by atomic mass is 32.2. The molecule has 164 valence electrons. The van der Waals surface area contributed by atoms with Gasteiger partial charge in [0.05, 0.1) is 38.5 Å². The number of morpholine rings is 1. The third-order valence-electron chi connectivity index (χ3n) is 6.29. The van der Waals surface area contributed by atoms with Crippen LogP contribution in [0.3, 0.4) is 0 Å². The molecule has 30 heavy (non-hydrogen) atoms. The lowest BCUT2D eigenvalue weighted by atomic mass is 10.1. The third-order valence-corrected chi connectivity index (χ3v) is 7.68. The molecular formula is C22H34N4O3S+2. The second-order valence-electron chi connectivity index (χ2n) is 8.49. The number of rotatable bonds is 6. The molecule has 1 aromatic rings. The number of hydrogen-bond donors (Lipinski definition) is 4. The Balaban J connectivity index is 1.28. The monoisotopic (exact) mass is 434 g/mol. The molecule has 8 heteroatoms. The number of fused-ring (bicyclic) bond motifs is 1. The van der Waals surface area contributed by atoms with Crippen molar-refractivity contribution < 1.29 is 24.1 Å². The molecule has 1 unspecified atom stereocenters. The van der Waals surface area contributed by atoms with Crippen molar-refractivity contribution in [3.8, 4) is 0 Å².